The third kappa shape index (κ3) is 4.17. The SMILES string of the molecule is Cc1cc2c(F)c(Oc3nc(Nc4ncc(C)s4)cc(N4CCOCC4)n3)ccc2[nH]1. The van der Waals surface area contributed by atoms with Crippen LogP contribution < -0.4 is 15.0 Å². The second kappa shape index (κ2) is 8.12. The Balaban J connectivity index is 1.50. The maximum Gasteiger partial charge on any atom is 0.326 e. The number of ether oxygens (including phenoxy) is 2. The zero-order chi connectivity index (χ0) is 21.4. The van der Waals surface area contributed by atoms with Crippen LogP contribution in [0.5, 0.6) is 11.8 Å². The summed E-state index contributed by atoms with van der Waals surface area (Å²) in [5, 5.41) is 4.38. The summed E-state index contributed by atoms with van der Waals surface area (Å²) < 4.78 is 26.3. The number of aromatic amines is 1. The van der Waals surface area contributed by atoms with Gasteiger partial charge in [-0.15, -0.1) is 11.3 Å². The molecule has 31 heavy (non-hydrogen) atoms. The van der Waals surface area contributed by atoms with Gasteiger partial charge in [0.1, 0.15) is 11.6 Å². The first-order chi connectivity index (χ1) is 15.0. The predicted octanol–water partition coefficient (Wildman–Crippen LogP) is 4.54. The van der Waals surface area contributed by atoms with Crippen LogP contribution in [0.2, 0.25) is 0 Å². The molecule has 10 heteroatoms. The largest absolute Gasteiger partial charge is 0.421 e. The lowest BCUT2D eigenvalue weighted by Crippen LogP contribution is -2.36. The van der Waals surface area contributed by atoms with Crippen LogP contribution >= 0.6 is 11.3 Å². The number of H-pyrrole nitrogens is 1. The van der Waals surface area contributed by atoms with Gasteiger partial charge in [-0.1, -0.05) is 0 Å². The van der Waals surface area contributed by atoms with Gasteiger partial charge < -0.3 is 24.7 Å². The highest BCUT2D eigenvalue weighted by Gasteiger charge is 2.18. The van der Waals surface area contributed by atoms with Crippen LogP contribution in [0.3, 0.4) is 0 Å². The predicted molar refractivity (Wildman–Crippen MR) is 118 cm³/mol. The van der Waals surface area contributed by atoms with Crippen LogP contribution in [0, 0.1) is 19.7 Å². The number of hydrogen-bond donors (Lipinski definition) is 2. The average molecular weight is 441 g/mol. The standard InChI is InChI=1S/C21H21FN6O2S/c1-12-9-14-15(24-12)3-4-16(19(14)22)30-20-25-17(26-21-23-11-13(2)31-21)10-18(27-20)28-5-7-29-8-6-28/h3-4,9-11,24H,5-8H2,1-2H3,(H,23,25,26,27). The highest BCUT2D eigenvalue weighted by atomic mass is 32.1. The van der Waals surface area contributed by atoms with E-state index in [-0.39, 0.29) is 11.8 Å². The van der Waals surface area contributed by atoms with E-state index in [0.29, 0.717) is 54.0 Å². The number of benzene rings is 1. The summed E-state index contributed by atoms with van der Waals surface area (Å²) >= 11 is 1.52. The molecule has 4 heterocycles. The summed E-state index contributed by atoms with van der Waals surface area (Å²) in [6.45, 7) is 6.51. The highest BCUT2D eigenvalue weighted by Crippen LogP contribution is 2.31. The fourth-order valence-corrected chi connectivity index (χ4v) is 4.14. The van der Waals surface area contributed by atoms with E-state index in [9.17, 15) is 0 Å². The number of fused-ring (bicyclic) bond motifs is 1. The first kappa shape index (κ1) is 19.7. The fourth-order valence-electron chi connectivity index (χ4n) is 3.46. The van der Waals surface area contributed by atoms with E-state index in [1.54, 1.807) is 24.4 Å². The quantitative estimate of drug-likeness (QED) is 0.471. The molecule has 0 bridgehead atoms. The van der Waals surface area contributed by atoms with E-state index in [0.717, 1.165) is 10.6 Å². The van der Waals surface area contributed by atoms with Gasteiger partial charge in [0.15, 0.2) is 16.7 Å². The summed E-state index contributed by atoms with van der Waals surface area (Å²) in [5.41, 5.74) is 1.59. The fraction of sp³-hybridized carbons (Fsp3) is 0.286. The molecule has 1 aromatic carbocycles. The van der Waals surface area contributed by atoms with Gasteiger partial charge in [0.2, 0.25) is 0 Å². The molecular weight excluding hydrogens is 419 g/mol. The Kier molecular flexibility index (Phi) is 5.16. The lowest BCUT2D eigenvalue weighted by Gasteiger charge is -2.28. The number of hydrogen-bond acceptors (Lipinski definition) is 8. The molecule has 0 aliphatic carbocycles. The van der Waals surface area contributed by atoms with E-state index in [1.165, 1.54) is 11.3 Å². The third-order valence-corrected chi connectivity index (χ3v) is 5.75. The second-order valence-electron chi connectivity index (χ2n) is 7.29. The van der Waals surface area contributed by atoms with E-state index in [4.69, 9.17) is 9.47 Å². The Morgan fingerprint density at radius 1 is 1.19 bits per heavy atom. The first-order valence-corrected chi connectivity index (χ1v) is 10.7. The number of halogens is 1. The van der Waals surface area contributed by atoms with Crippen molar-refractivity contribution >= 4 is 39.0 Å². The van der Waals surface area contributed by atoms with Crippen molar-refractivity contribution in [3.63, 3.8) is 0 Å². The van der Waals surface area contributed by atoms with Crippen LogP contribution in [-0.2, 0) is 4.74 Å². The van der Waals surface area contributed by atoms with Gasteiger partial charge in [-0.05, 0) is 32.0 Å². The molecule has 1 aliphatic rings. The molecule has 0 atom stereocenters. The van der Waals surface area contributed by atoms with Crippen LogP contribution in [-0.4, -0.2) is 46.2 Å². The van der Waals surface area contributed by atoms with Crippen LogP contribution in [0.1, 0.15) is 10.6 Å². The Morgan fingerprint density at radius 2 is 2.03 bits per heavy atom. The number of aromatic nitrogens is 4. The minimum Gasteiger partial charge on any atom is -0.421 e. The molecule has 0 saturated carbocycles. The van der Waals surface area contributed by atoms with Crippen molar-refractivity contribution in [1.29, 1.82) is 0 Å². The van der Waals surface area contributed by atoms with Crippen molar-refractivity contribution in [1.82, 2.24) is 19.9 Å². The summed E-state index contributed by atoms with van der Waals surface area (Å²) in [6, 6.07) is 7.01. The van der Waals surface area contributed by atoms with Crippen molar-refractivity contribution in [2.75, 3.05) is 36.5 Å². The van der Waals surface area contributed by atoms with Crippen LogP contribution in [0.15, 0.2) is 30.5 Å². The molecule has 2 N–H and O–H groups in total. The van der Waals surface area contributed by atoms with Crippen LogP contribution in [0.4, 0.5) is 21.2 Å². The normalized spacial score (nSPS) is 14.2. The van der Waals surface area contributed by atoms with Crippen molar-refractivity contribution in [3.05, 3.63) is 46.9 Å². The summed E-state index contributed by atoms with van der Waals surface area (Å²) in [5.74, 6) is 0.830. The number of nitrogens with zero attached hydrogens (tertiary/aromatic N) is 4. The number of aryl methyl sites for hydroxylation is 2. The van der Waals surface area contributed by atoms with E-state index >= 15 is 4.39 Å². The number of anilines is 3. The Labute approximate surface area is 182 Å². The molecule has 0 radical (unpaired) electrons. The minimum absolute atomic E-state index is 0.0604. The second-order valence-corrected chi connectivity index (χ2v) is 8.52. The van der Waals surface area contributed by atoms with E-state index in [1.807, 2.05) is 19.9 Å². The molecule has 1 fully saturated rings. The summed E-state index contributed by atoms with van der Waals surface area (Å²) in [6.07, 6.45) is 1.79. The molecule has 0 amide bonds. The van der Waals surface area contributed by atoms with Crippen molar-refractivity contribution < 1.29 is 13.9 Å². The minimum atomic E-state index is -0.452. The number of thiazole rings is 1. The molecule has 0 unspecified atom stereocenters. The lowest BCUT2D eigenvalue weighted by molar-refractivity contribution is 0.122. The molecule has 1 saturated heterocycles. The van der Waals surface area contributed by atoms with Crippen molar-refractivity contribution in [2.24, 2.45) is 0 Å². The van der Waals surface area contributed by atoms with Gasteiger partial charge >= 0.3 is 6.01 Å². The summed E-state index contributed by atoms with van der Waals surface area (Å²) in [7, 11) is 0. The van der Waals surface area contributed by atoms with Gasteiger partial charge in [0.05, 0.1) is 13.2 Å². The van der Waals surface area contributed by atoms with Crippen molar-refractivity contribution in [3.8, 4) is 11.8 Å². The Bertz CT molecular complexity index is 1230. The smallest absolute Gasteiger partial charge is 0.326 e. The maximum atomic E-state index is 15.0. The molecule has 3 aromatic heterocycles. The zero-order valence-corrected chi connectivity index (χ0v) is 17.9. The van der Waals surface area contributed by atoms with E-state index in [2.05, 4.69) is 30.2 Å². The number of nitrogens with one attached hydrogen (secondary N) is 2. The monoisotopic (exact) mass is 440 g/mol. The molecule has 5 rings (SSSR count). The summed E-state index contributed by atoms with van der Waals surface area (Å²) in [4.78, 5) is 19.6. The maximum absolute atomic E-state index is 15.0. The zero-order valence-electron chi connectivity index (χ0n) is 17.1. The van der Waals surface area contributed by atoms with Crippen LogP contribution in [0.25, 0.3) is 10.9 Å². The molecular formula is C21H21FN6O2S. The van der Waals surface area contributed by atoms with Gasteiger partial charge in [-0.2, -0.15) is 9.97 Å². The molecule has 160 valence electrons. The molecule has 4 aromatic rings. The topological polar surface area (TPSA) is 88.2 Å². The first-order valence-electron chi connectivity index (χ1n) is 9.92. The van der Waals surface area contributed by atoms with Gasteiger partial charge in [-0.3, -0.25) is 0 Å². The number of rotatable bonds is 5. The highest BCUT2D eigenvalue weighted by molar-refractivity contribution is 7.15. The van der Waals surface area contributed by atoms with Gasteiger partial charge in [0, 0.05) is 46.8 Å². The molecule has 1 aliphatic heterocycles. The van der Waals surface area contributed by atoms with E-state index < -0.39 is 5.82 Å². The average Bonchev–Trinajstić information content (AvgIpc) is 3.35. The Morgan fingerprint density at radius 3 is 2.81 bits per heavy atom. The molecule has 0 spiro atoms. The molecule has 8 nitrogen and oxygen atoms in total. The number of morpholine rings is 1. The van der Waals surface area contributed by atoms with Gasteiger partial charge in [0.25, 0.3) is 0 Å². The van der Waals surface area contributed by atoms with Gasteiger partial charge in [-0.25, -0.2) is 9.37 Å². The Hall–Kier alpha value is -3.24. The lowest BCUT2D eigenvalue weighted by atomic mass is 10.2. The third-order valence-electron chi connectivity index (χ3n) is 4.92. The van der Waals surface area contributed by atoms with Crippen molar-refractivity contribution in [2.45, 2.75) is 13.8 Å².